The van der Waals surface area contributed by atoms with Crippen molar-refractivity contribution < 1.29 is 0 Å². The second kappa shape index (κ2) is 6.66. The molecule has 18 heavy (non-hydrogen) atoms. The van der Waals surface area contributed by atoms with Crippen molar-refractivity contribution in [2.24, 2.45) is 5.73 Å². The summed E-state index contributed by atoms with van der Waals surface area (Å²) in [6.45, 7) is 11.1. The van der Waals surface area contributed by atoms with Crippen molar-refractivity contribution in [1.82, 2.24) is 9.80 Å². The van der Waals surface area contributed by atoms with E-state index in [1.54, 1.807) is 0 Å². The summed E-state index contributed by atoms with van der Waals surface area (Å²) in [5, 5.41) is 0. The first-order valence-corrected chi connectivity index (χ1v) is 7.79. The molecule has 0 saturated carbocycles. The van der Waals surface area contributed by atoms with Crippen LogP contribution in [0.5, 0.6) is 0 Å². The van der Waals surface area contributed by atoms with Gasteiger partial charge in [-0.2, -0.15) is 0 Å². The summed E-state index contributed by atoms with van der Waals surface area (Å²) in [5.74, 6) is 0. The number of nitrogens with zero attached hydrogens (tertiary/aromatic N) is 2. The first kappa shape index (κ1) is 14.0. The van der Waals surface area contributed by atoms with Gasteiger partial charge in [0, 0.05) is 42.5 Å². The molecule has 0 spiro atoms. The molecule has 2 heterocycles. The summed E-state index contributed by atoms with van der Waals surface area (Å²) in [6, 6.07) is 4.87. The van der Waals surface area contributed by atoms with Crippen molar-refractivity contribution in [3.63, 3.8) is 0 Å². The maximum Gasteiger partial charge on any atom is 0.0565 e. The molecule has 1 aliphatic rings. The normalized spacial score (nSPS) is 20.2. The zero-order valence-electron chi connectivity index (χ0n) is 11.6. The predicted octanol–water partition coefficient (Wildman–Crippen LogP) is 2.08. The number of piperazine rings is 1. The lowest BCUT2D eigenvalue weighted by atomic mass is 10.1. The molecule has 0 radical (unpaired) electrons. The zero-order chi connectivity index (χ0) is 13.0. The minimum atomic E-state index is 0.424. The lowest BCUT2D eigenvalue weighted by Gasteiger charge is -2.38. The highest BCUT2D eigenvalue weighted by Crippen LogP contribution is 2.27. The fourth-order valence-corrected chi connectivity index (χ4v) is 3.72. The van der Waals surface area contributed by atoms with Gasteiger partial charge in [-0.1, -0.05) is 6.92 Å². The largest absolute Gasteiger partial charge is 0.329 e. The summed E-state index contributed by atoms with van der Waals surface area (Å²) in [7, 11) is 0. The fourth-order valence-electron chi connectivity index (χ4n) is 2.69. The van der Waals surface area contributed by atoms with Crippen molar-refractivity contribution in [3.05, 3.63) is 21.9 Å². The van der Waals surface area contributed by atoms with E-state index in [2.05, 4.69) is 35.8 Å². The van der Waals surface area contributed by atoms with E-state index in [1.807, 2.05) is 11.3 Å². The standard InChI is InChI=1S/C14H25N3S/c1-3-6-16-7-9-17(10-8-16)13(11-15)14-5-4-12(2)18-14/h4-5,13H,3,6-11,15H2,1-2H3. The Kier molecular flexibility index (Phi) is 5.18. The Morgan fingerprint density at radius 2 is 2.00 bits per heavy atom. The molecule has 1 aromatic rings. The van der Waals surface area contributed by atoms with Crippen molar-refractivity contribution in [2.75, 3.05) is 39.3 Å². The van der Waals surface area contributed by atoms with Gasteiger partial charge in [0.25, 0.3) is 0 Å². The van der Waals surface area contributed by atoms with Gasteiger partial charge < -0.3 is 10.6 Å². The summed E-state index contributed by atoms with van der Waals surface area (Å²) < 4.78 is 0. The smallest absolute Gasteiger partial charge is 0.0565 e. The Hall–Kier alpha value is -0.420. The van der Waals surface area contributed by atoms with E-state index in [1.165, 1.54) is 35.8 Å². The minimum Gasteiger partial charge on any atom is -0.329 e. The van der Waals surface area contributed by atoms with Gasteiger partial charge in [-0.05, 0) is 32.0 Å². The van der Waals surface area contributed by atoms with Gasteiger partial charge in [0.2, 0.25) is 0 Å². The highest BCUT2D eigenvalue weighted by molar-refractivity contribution is 7.12. The maximum atomic E-state index is 5.99. The maximum absolute atomic E-state index is 5.99. The van der Waals surface area contributed by atoms with Crippen LogP contribution in [-0.2, 0) is 0 Å². The number of aryl methyl sites for hydroxylation is 1. The molecule has 1 aliphatic heterocycles. The topological polar surface area (TPSA) is 32.5 Å². The van der Waals surface area contributed by atoms with E-state index in [0.717, 1.165) is 19.6 Å². The second-order valence-electron chi connectivity index (χ2n) is 5.08. The van der Waals surface area contributed by atoms with E-state index in [4.69, 9.17) is 5.73 Å². The number of thiophene rings is 1. The predicted molar refractivity (Wildman–Crippen MR) is 79.2 cm³/mol. The van der Waals surface area contributed by atoms with Gasteiger partial charge in [0.05, 0.1) is 6.04 Å². The van der Waals surface area contributed by atoms with Crippen molar-refractivity contribution >= 4 is 11.3 Å². The van der Waals surface area contributed by atoms with Crippen LogP contribution in [0, 0.1) is 6.92 Å². The number of hydrogen-bond donors (Lipinski definition) is 1. The van der Waals surface area contributed by atoms with Gasteiger partial charge in [0.1, 0.15) is 0 Å². The van der Waals surface area contributed by atoms with E-state index in [0.29, 0.717) is 6.04 Å². The van der Waals surface area contributed by atoms with Crippen LogP contribution in [0.25, 0.3) is 0 Å². The Labute approximate surface area is 115 Å². The van der Waals surface area contributed by atoms with Crippen LogP contribution in [-0.4, -0.2) is 49.1 Å². The van der Waals surface area contributed by atoms with Crippen molar-refractivity contribution in [3.8, 4) is 0 Å². The molecule has 4 heteroatoms. The van der Waals surface area contributed by atoms with Crippen LogP contribution < -0.4 is 5.73 Å². The third kappa shape index (κ3) is 3.32. The van der Waals surface area contributed by atoms with Gasteiger partial charge in [-0.3, -0.25) is 4.90 Å². The number of rotatable bonds is 5. The summed E-state index contributed by atoms with van der Waals surface area (Å²) in [5.41, 5.74) is 5.99. The number of hydrogen-bond acceptors (Lipinski definition) is 4. The minimum absolute atomic E-state index is 0.424. The van der Waals surface area contributed by atoms with Crippen LogP contribution in [0.4, 0.5) is 0 Å². The molecule has 1 atom stereocenters. The lowest BCUT2D eigenvalue weighted by molar-refractivity contribution is 0.0998. The van der Waals surface area contributed by atoms with Gasteiger partial charge in [-0.15, -0.1) is 11.3 Å². The lowest BCUT2D eigenvalue weighted by Crippen LogP contribution is -2.48. The molecular weight excluding hydrogens is 242 g/mol. The monoisotopic (exact) mass is 267 g/mol. The molecule has 102 valence electrons. The average molecular weight is 267 g/mol. The summed E-state index contributed by atoms with van der Waals surface area (Å²) in [4.78, 5) is 7.92. The summed E-state index contributed by atoms with van der Waals surface area (Å²) >= 11 is 1.89. The highest BCUT2D eigenvalue weighted by Gasteiger charge is 2.24. The van der Waals surface area contributed by atoms with E-state index in [-0.39, 0.29) is 0 Å². The second-order valence-corrected chi connectivity index (χ2v) is 6.40. The van der Waals surface area contributed by atoms with Crippen LogP contribution in [0.15, 0.2) is 12.1 Å². The average Bonchev–Trinajstić information content (AvgIpc) is 2.79. The molecule has 0 amide bonds. The third-order valence-electron chi connectivity index (χ3n) is 3.70. The van der Waals surface area contributed by atoms with Gasteiger partial charge >= 0.3 is 0 Å². The molecule has 1 unspecified atom stereocenters. The molecule has 2 rings (SSSR count). The Balaban J connectivity index is 1.94. The molecule has 0 bridgehead atoms. The van der Waals surface area contributed by atoms with Crippen LogP contribution in [0.2, 0.25) is 0 Å². The quantitative estimate of drug-likeness (QED) is 0.886. The third-order valence-corrected chi connectivity index (χ3v) is 4.80. The van der Waals surface area contributed by atoms with Crippen LogP contribution >= 0.6 is 11.3 Å². The SMILES string of the molecule is CCCN1CCN(C(CN)c2ccc(C)s2)CC1. The Morgan fingerprint density at radius 3 is 2.50 bits per heavy atom. The van der Waals surface area contributed by atoms with E-state index < -0.39 is 0 Å². The van der Waals surface area contributed by atoms with Gasteiger partial charge in [0.15, 0.2) is 0 Å². The van der Waals surface area contributed by atoms with E-state index in [9.17, 15) is 0 Å². The highest BCUT2D eigenvalue weighted by atomic mass is 32.1. The molecule has 2 N–H and O–H groups in total. The first-order chi connectivity index (χ1) is 8.74. The van der Waals surface area contributed by atoms with Crippen LogP contribution in [0.1, 0.15) is 29.1 Å². The zero-order valence-corrected chi connectivity index (χ0v) is 12.4. The molecule has 1 fully saturated rings. The summed E-state index contributed by atoms with van der Waals surface area (Å²) in [6.07, 6.45) is 1.25. The molecule has 3 nitrogen and oxygen atoms in total. The van der Waals surface area contributed by atoms with Crippen molar-refractivity contribution in [2.45, 2.75) is 26.3 Å². The fraction of sp³-hybridized carbons (Fsp3) is 0.714. The molecule has 1 aromatic heterocycles. The molecule has 0 aliphatic carbocycles. The molecule has 1 saturated heterocycles. The van der Waals surface area contributed by atoms with Crippen LogP contribution in [0.3, 0.4) is 0 Å². The molecule has 0 aromatic carbocycles. The van der Waals surface area contributed by atoms with Crippen molar-refractivity contribution in [1.29, 1.82) is 0 Å². The molecular formula is C14H25N3S. The Bertz CT molecular complexity index is 356. The number of nitrogens with two attached hydrogens (primary N) is 1. The first-order valence-electron chi connectivity index (χ1n) is 6.97. The van der Waals surface area contributed by atoms with E-state index >= 15 is 0 Å². The van der Waals surface area contributed by atoms with Gasteiger partial charge in [-0.25, -0.2) is 0 Å². The Morgan fingerprint density at radius 1 is 1.28 bits per heavy atom.